The van der Waals surface area contributed by atoms with E-state index in [0.29, 0.717) is 0 Å². The van der Waals surface area contributed by atoms with Crippen molar-refractivity contribution in [1.29, 1.82) is 0 Å². The summed E-state index contributed by atoms with van der Waals surface area (Å²) in [5.74, 6) is 0. The molecular weight excluding hydrogens is 172 g/mol. The second-order valence-electron chi connectivity index (χ2n) is 5.61. The van der Waals surface area contributed by atoms with Gasteiger partial charge in [0.1, 0.15) is 0 Å². The Morgan fingerprint density at radius 3 is 1.79 bits per heavy atom. The van der Waals surface area contributed by atoms with Crippen LogP contribution in [0.1, 0.15) is 41.5 Å². The van der Waals surface area contributed by atoms with Crippen molar-refractivity contribution in [2.24, 2.45) is 10.4 Å². The first-order valence-corrected chi connectivity index (χ1v) is 5.01. The number of hydrogen-bond acceptors (Lipinski definition) is 1. The van der Waals surface area contributed by atoms with E-state index in [-0.39, 0.29) is 11.0 Å². The summed E-state index contributed by atoms with van der Waals surface area (Å²) in [6, 6.07) is 0. The first kappa shape index (κ1) is 13.2. The number of hydrogen-bond donors (Lipinski definition) is 0. The third-order valence-electron chi connectivity index (χ3n) is 2.11. The van der Waals surface area contributed by atoms with Crippen molar-refractivity contribution in [2.75, 3.05) is 7.05 Å². The van der Waals surface area contributed by atoms with Crippen LogP contribution in [0.2, 0.25) is 0 Å². The molecule has 82 valence electrons. The van der Waals surface area contributed by atoms with E-state index in [9.17, 15) is 0 Å². The van der Waals surface area contributed by atoms with Gasteiger partial charge in [0.15, 0.2) is 0 Å². The molecule has 2 heteroatoms. The Hall–Kier alpha value is -0.790. The SMILES string of the molecule is C=C(N(/C=N\C)C(C)(C)C)C(C)(C)C. The van der Waals surface area contributed by atoms with Crippen LogP contribution in [-0.2, 0) is 0 Å². The molecule has 0 aliphatic heterocycles. The van der Waals surface area contributed by atoms with Gasteiger partial charge in [0.05, 0.1) is 6.34 Å². The lowest BCUT2D eigenvalue weighted by Crippen LogP contribution is -2.42. The molecule has 0 heterocycles. The van der Waals surface area contributed by atoms with Crippen molar-refractivity contribution in [3.05, 3.63) is 12.3 Å². The van der Waals surface area contributed by atoms with Crippen molar-refractivity contribution < 1.29 is 0 Å². The zero-order valence-corrected chi connectivity index (χ0v) is 10.7. The maximum atomic E-state index is 4.15. The van der Waals surface area contributed by atoms with E-state index in [0.717, 1.165) is 5.70 Å². The Balaban J connectivity index is 4.96. The molecule has 0 aliphatic carbocycles. The molecule has 2 nitrogen and oxygen atoms in total. The van der Waals surface area contributed by atoms with Crippen molar-refractivity contribution >= 4 is 6.34 Å². The van der Waals surface area contributed by atoms with Gasteiger partial charge in [-0.15, -0.1) is 0 Å². The zero-order chi connectivity index (χ0) is 11.6. The van der Waals surface area contributed by atoms with Gasteiger partial charge in [-0.1, -0.05) is 27.4 Å². The fraction of sp³-hybridized carbons (Fsp3) is 0.750. The number of nitrogens with zero attached hydrogens (tertiary/aromatic N) is 2. The van der Waals surface area contributed by atoms with Crippen LogP contribution in [0.4, 0.5) is 0 Å². The van der Waals surface area contributed by atoms with Crippen LogP contribution in [0.25, 0.3) is 0 Å². The highest BCUT2D eigenvalue weighted by atomic mass is 15.2. The zero-order valence-electron chi connectivity index (χ0n) is 10.7. The molecule has 0 fully saturated rings. The van der Waals surface area contributed by atoms with Gasteiger partial charge in [-0.25, -0.2) is 0 Å². The summed E-state index contributed by atoms with van der Waals surface area (Å²) in [7, 11) is 1.79. The Morgan fingerprint density at radius 2 is 1.57 bits per heavy atom. The molecule has 0 saturated carbocycles. The summed E-state index contributed by atoms with van der Waals surface area (Å²) in [6.07, 6.45) is 1.85. The minimum atomic E-state index is 0.0316. The van der Waals surface area contributed by atoms with Crippen molar-refractivity contribution in [2.45, 2.75) is 47.1 Å². The van der Waals surface area contributed by atoms with Crippen molar-refractivity contribution in [3.63, 3.8) is 0 Å². The number of allylic oxidation sites excluding steroid dienone is 1. The average molecular weight is 196 g/mol. The normalized spacial score (nSPS) is 13.4. The fourth-order valence-electron chi connectivity index (χ4n) is 1.12. The van der Waals surface area contributed by atoms with E-state index in [1.165, 1.54) is 0 Å². The average Bonchev–Trinajstić information content (AvgIpc) is 1.94. The molecule has 0 spiro atoms. The second-order valence-corrected chi connectivity index (χ2v) is 5.61. The first-order chi connectivity index (χ1) is 6.10. The fourth-order valence-corrected chi connectivity index (χ4v) is 1.12. The van der Waals surface area contributed by atoms with Gasteiger partial charge in [-0.3, -0.25) is 4.99 Å². The van der Waals surface area contributed by atoms with Crippen LogP contribution >= 0.6 is 0 Å². The maximum Gasteiger partial charge on any atom is 0.0893 e. The van der Waals surface area contributed by atoms with E-state index < -0.39 is 0 Å². The molecular formula is C12H24N2. The summed E-state index contributed by atoms with van der Waals surface area (Å²) in [6.45, 7) is 17.1. The van der Waals surface area contributed by atoms with Gasteiger partial charge in [0, 0.05) is 23.7 Å². The molecule has 14 heavy (non-hydrogen) atoms. The van der Waals surface area contributed by atoms with Crippen LogP contribution in [-0.4, -0.2) is 23.8 Å². The second kappa shape index (κ2) is 4.16. The molecule has 0 bridgehead atoms. The summed E-state index contributed by atoms with van der Waals surface area (Å²) in [4.78, 5) is 6.21. The molecule has 0 aromatic heterocycles. The van der Waals surface area contributed by atoms with E-state index in [2.05, 4.69) is 58.0 Å². The van der Waals surface area contributed by atoms with Gasteiger partial charge in [-0.2, -0.15) is 0 Å². The number of rotatable bonds is 2. The Kier molecular flexibility index (Phi) is 3.92. The van der Waals surface area contributed by atoms with Crippen molar-refractivity contribution in [1.82, 2.24) is 4.90 Å². The van der Waals surface area contributed by atoms with Gasteiger partial charge in [0.2, 0.25) is 0 Å². The molecule has 0 rings (SSSR count). The Morgan fingerprint density at radius 1 is 1.14 bits per heavy atom. The quantitative estimate of drug-likeness (QED) is 0.489. The van der Waals surface area contributed by atoms with Gasteiger partial charge in [0.25, 0.3) is 0 Å². The van der Waals surface area contributed by atoms with Crippen LogP contribution < -0.4 is 0 Å². The summed E-state index contributed by atoms with van der Waals surface area (Å²) >= 11 is 0. The maximum absolute atomic E-state index is 4.15. The standard InChI is InChI=1S/C12H24N2/c1-10(11(2,3)4)14(9-13-8)12(5,6)7/h9H,1H2,2-8H3/b13-9-. The highest BCUT2D eigenvalue weighted by Gasteiger charge is 2.27. The highest BCUT2D eigenvalue weighted by molar-refractivity contribution is 5.59. The van der Waals surface area contributed by atoms with Crippen LogP contribution in [0, 0.1) is 5.41 Å². The van der Waals surface area contributed by atoms with Gasteiger partial charge >= 0.3 is 0 Å². The molecule has 0 N–H and O–H groups in total. The first-order valence-electron chi connectivity index (χ1n) is 5.01. The smallest absolute Gasteiger partial charge is 0.0893 e. The predicted molar refractivity (Wildman–Crippen MR) is 64.6 cm³/mol. The molecule has 0 aliphatic rings. The molecule has 0 unspecified atom stereocenters. The molecule has 0 aromatic carbocycles. The third kappa shape index (κ3) is 3.52. The minimum absolute atomic E-state index is 0.0316. The summed E-state index contributed by atoms with van der Waals surface area (Å²) < 4.78 is 0. The Bertz CT molecular complexity index is 226. The van der Waals surface area contributed by atoms with E-state index in [4.69, 9.17) is 0 Å². The van der Waals surface area contributed by atoms with E-state index >= 15 is 0 Å². The summed E-state index contributed by atoms with van der Waals surface area (Å²) in [5.41, 5.74) is 1.20. The summed E-state index contributed by atoms with van der Waals surface area (Å²) in [5, 5.41) is 0. The lowest BCUT2D eigenvalue weighted by Gasteiger charge is -2.40. The largest absolute Gasteiger partial charge is 0.331 e. The molecule has 0 amide bonds. The number of aliphatic imine (C=N–C) groups is 1. The molecule has 0 atom stereocenters. The molecule has 0 saturated heterocycles. The molecule has 0 radical (unpaired) electrons. The van der Waals surface area contributed by atoms with E-state index in [1.807, 2.05) is 6.34 Å². The monoisotopic (exact) mass is 196 g/mol. The highest BCUT2D eigenvalue weighted by Crippen LogP contribution is 2.30. The Labute approximate surface area is 88.7 Å². The van der Waals surface area contributed by atoms with Crippen LogP contribution in [0.5, 0.6) is 0 Å². The molecule has 0 aromatic rings. The lowest BCUT2D eigenvalue weighted by atomic mass is 9.89. The van der Waals surface area contributed by atoms with Crippen molar-refractivity contribution in [3.8, 4) is 0 Å². The van der Waals surface area contributed by atoms with E-state index in [1.54, 1.807) is 7.05 Å². The third-order valence-corrected chi connectivity index (χ3v) is 2.11. The lowest BCUT2D eigenvalue weighted by molar-refractivity contribution is 0.245. The topological polar surface area (TPSA) is 15.6 Å². The van der Waals surface area contributed by atoms with Gasteiger partial charge < -0.3 is 4.90 Å². The van der Waals surface area contributed by atoms with Crippen LogP contribution in [0.3, 0.4) is 0 Å². The minimum Gasteiger partial charge on any atom is -0.331 e. The predicted octanol–water partition coefficient (Wildman–Crippen LogP) is 3.30. The van der Waals surface area contributed by atoms with Crippen LogP contribution in [0.15, 0.2) is 17.3 Å². The van der Waals surface area contributed by atoms with Gasteiger partial charge in [-0.05, 0) is 20.8 Å².